The lowest BCUT2D eigenvalue weighted by molar-refractivity contribution is -0.130. The van der Waals surface area contributed by atoms with Crippen LogP contribution in [0.3, 0.4) is 0 Å². The Morgan fingerprint density at radius 2 is 2.18 bits per heavy atom. The molecule has 8 nitrogen and oxygen atoms in total. The van der Waals surface area contributed by atoms with Crippen LogP contribution < -0.4 is 16.4 Å². The van der Waals surface area contributed by atoms with Gasteiger partial charge in [0.25, 0.3) is 0 Å². The fourth-order valence-electron chi connectivity index (χ4n) is 4.76. The average Bonchev–Trinajstić information content (AvgIpc) is 3.47. The predicted molar refractivity (Wildman–Crippen MR) is 133 cm³/mol. The summed E-state index contributed by atoms with van der Waals surface area (Å²) in [4.78, 5) is 40.0. The van der Waals surface area contributed by atoms with Gasteiger partial charge >= 0.3 is 0 Å². The average molecular weight is 488 g/mol. The molecule has 0 saturated heterocycles. The minimum atomic E-state index is -0.289. The van der Waals surface area contributed by atoms with E-state index in [9.17, 15) is 14.4 Å². The third kappa shape index (κ3) is 6.54. The molecule has 0 bridgehead atoms. The molecule has 0 radical (unpaired) electrons. The number of nitrogens with zero attached hydrogens (tertiary/aromatic N) is 2. The summed E-state index contributed by atoms with van der Waals surface area (Å²) in [7, 11) is 0. The number of nitrogens with two attached hydrogens (primary N) is 1. The van der Waals surface area contributed by atoms with Crippen LogP contribution in [-0.4, -0.2) is 39.7 Å². The summed E-state index contributed by atoms with van der Waals surface area (Å²) in [5.74, 6) is 0.336. The number of hydrogen-bond donors (Lipinski definition) is 3. The minimum absolute atomic E-state index is 0.000694. The Morgan fingerprint density at radius 1 is 1.38 bits per heavy atom. The lowest BCUT2D eigenvalue weighted by Crippen LogP contribution is -2.43. The summed E-state index contributed by atoms with van der Waals surface area (Å²) in [6, 6.07) is 2.25. The molecule has 34 heavy (non-hydrogen) atoms. The molecule has 2 aromatic rings. The first-order valence-electron chi connectivity index (χ1n) is 12.2. The molecule has 0 saturated carbocycles. The summed E-state index contributed by atoms with van der Waals surface area (Å²) in [5, 5.41) is 7.67. The Morgan fingerprint density at radius 3 is 2.82 bits per heavy atom. The number of aromatic nitrogens is 2. The predicted octanol–water partition coefficient (Wildman–Crippen LogP) is 2.77. The van der Waals surface area contributed by atoms with E-state index in [2.05, 4.69) is 40.1 Å². The summed E-state index contributed by atoms with van der Waals surface area (Å²) in [6.07, 6.45) is 6.46. The quantitative estimate of drug-likeness (QED) is 0.555. The van der Waals surface area contributed by atoms with Crippen molar-refractivity contribution in [3.63, 3.8) is 0 Å². The van der Waals surface area contributed by atoms with E-state index in [1.54, 1.807) is 5.51 Å². The largest absolute Gasteiger partial charge is 0.352 e. The van der Waals surface area contributed by atoms with Crippen molar-refractivity contribution < 1.29 is 14.4 Å². The summed E-state index contributed by atoms with van der Waals surface area (Å²) < 4.78 is 2.14. The van der Waals surface area contributed by atoms with Gasteiger partial charge in [-0.1, -0.05) is 20.3 Å². The molecule has 186 valence electrons. The Labute approximate surface area is 205 Å². The Balaban J connectivity index is 0.000000252. The molecule has 3 heterocycles. The normalized spacial score (nSPS) is 20.8. The maximum absolute atomic E-state index is 12.6. The molecule has 2 aliphatic rings. The number of ketones is 1. The maximum Gasteiger partial charge on any atom is 0.225 e. The number of hydrogen-bond acceptors (Lipinski definition) is 6. The lowest BCUT2D eigenvalue weighted by Gasteiger charge is -2.21. The second kappa shape index (κ2) is 12.3. The van der Waals surface area contributed by atoms with Gasteiger partial charge in [0.2, 0.25) is 11.8 Å². The zero-order valence-corrected chi connectivity index (χ0v) is 21.2. The van der Waals surface area contributed by atoms with Crippen LogP contribution in [0.4, 0.5) is 0 Å². The highest BCUT2D eigenvalue weighted by Gasteiger charge is 2.36. The van der Waals surface area contributed by atoms with Crippen LogP contribution in [0, 0.1) is 11.8 Å². The standard InChI is InChI=1S/C17H19N3O2S.C8H18N2O/c21-15-6-12(17(22)18-7-13-9-23-10-19-13)8-20-5-4-11-2-1-3-14(15)16(11)20;1-4-6(2)8(5-9)10-7(3)11/h4-5,9-10,12,14H,1-3,6-8H2,(H,18,22);6,8H,4-5,9H2,1-3H3,(H,10,11)/t;6-,8+/m.0/s1. The van der Waals surface area contributed by atoms with Crippen LogP contribution in [0.2, 0.25) is 0 Å². The van der Waals surface area contributed by atoms with Gasteiger partial charge in [-0.25, -0.2) is 4.98 Å². The van der Waals surface area contributed by atoms with E-state index in [1.165, 1.54) is 23.8 Å². The molecule has 4 rings (SSSR count). The Bertz CT molecular complexity index is 971. The van der Waals surface area contributed by atoms with Gasteiger partial charge in [-0.15, -0.1) is 11.3 Å². The van der Waals surface area contributed by atoms with Gasteiger partial charge in [0.15, 0.2) is 0 Å². The van der Waals surface area contributed by atoms with Crippen molar-refractivity contribution in [2.75, 3.05) is 6.54 Å². The van der Waals surface area contributed by atoms with Crippen molar-refractivity contribution in [1.82, 2.24) is 20.2 Å². The molecule has 2 amide bonds. The number of carbonyl (C=O) groups excluding carboxylic acids is 3. The van der Waals surface area contributed by atoms with Crippen LogP contribution in [0.15, 0.2) is 23.2 Å². The van der Waals surface area contributed by atoms with Crippen LogP contribution in [-0.2, 0) is 33.9 Å². The summed E-state index contributed by atoms with van der Waals surface area (Å²) >= 11 is 1.51. The van der Waals surface area contributed by atoms with Gasteiger partial charge in [0.05, 0.1) is 29.6 Å². The van der Waals surface area contributed by atoms with Gasteiger partial charge in [-0.3, -0.25) is 14.4 Å². The fraction of sp³-hybridized carbons (Fsp3) is 0.600. The SMILES string of the molecule is CC[C@H](C)[C@@H](CN)NC(C)=O.O=C(NCc1cscn1)C1CC(=O)C2CCCc3ccn(c32)C1. The molecule has 0 aromatic carbocycles. The van der Waals surface area contributed by atoms with E-state index in [1.807, 2.05) is 11.6 Å². The van der Waals surface area contributed by atoms with Gasteiger partial charge in [-0.2, -0.15) is 0 Å². The second-order valence-electron chi connectivity index (χ2n) is 9.32. The summed E-state index contributed by atoms with van der Waals surface area (Å²) in [6.45, 7) is 7.25. The fourth-order valence-corrected chi connectivity index (χ4v) is 5.32. The highest BCUT2D eigenvalue weighted by atomic mass is 32.1. The van der Waals surface area contributed by atoms with Crippen molar-refractivity contribution in [3.8, 4) is 0 Å². The van der Waals surface area contributed by atoms with Gasteiger partial charge < -0.3 is 20.9 Å². The first kappa shape index (κ1) is 26.1. The lowest BCUT2D eigenvalue weighted by atomic mass is 9.83. The third-order valence-electron chi connectivity index (χ3n) is 6.89. The summed E-state index contributed by atoms with van der Waals surface area (Å²) in [5.41, 5.74) is 10.6. The number of aryl methyl sites for hydroxylation is 1. The number of amides is 2. The van der Waals surface area contributed by atoms with E-state index in [-0.39, 0.29) is 35.5 Å². The van der Waals surface area contributed by atoms with Gasteiger partial charge in [0.1, 0.15) is 5.78 Å². The molecular formula is C25H37N5O3S. The molecule has 4 N–H and O–H groups in total. The van der Waals surface area contributed by atoms with E-state index in [4.69, 9.17) is 5.73 Å². The zero-order valence-electron chi connectivity index (χ0n) is 20.4. The zero-order chi connectivity index (χ0) is 24.7. The Hall–Kier alpha value is -2.52. The van der Waals surface area contributed by atoms with Crippen LogP contribution >= 0.6 is 11.3 Å². The molecule has 0 spiro atoms. The molecule has 1 aliphatic heterocycles. The van der Waals surface area contributed by atoms with Crippen molar-refractivity contribution in [2.24, 2.45) is 17.6 Å². The molecule has 1 aliphatic carbocycles. The van der Waals surface area contributed by atoms with E-state index < -0.39 is 0 Å². The molecule has 0 fully saturated rings. The molecule has 2 unspecified atom stereocenters. The molecule has 2 aromatic heterocycles. The van der Waals surface area contributed by atoms with Crippen LogP contribution in [0.1, 0.15) is 69.3 Å². The van der Waals surface area contributed by atoms with Crippen LogP contribution in [0.25, 0.3) is 0 Å². The van der Waals surface area contributed by atoms with E-state index in [0.717, 1.165) is 37.1 Å². The van der Waals surface area contributed by atoms with Crippen molar-refractivity contribution >= 4 is 28.9 Å². The maximum atomic E-state index is 12.6. The van der Waals surface area contributed by atoms with E-state index in [0.29, 0.717) is 32.0 Å². The number of nitrogens with one attached hydrogen (secondary N) is 2. The molecular weight excluding hydrogens is 450 g/mol. The van der Waals surface area contributed by atoms with E-state index >= 15 is 0 Å². The van der Waals surface area contributed by atoms with Gasteiger partial charge in [-0.05, 0) is 36.8 Å². The second-order valence-corrected chi connectivity index (χ2v) is 10.0. The van der Waals surface area contributed by atoms with Crippen molar-refractivity contribution in [1.29, 1.82) is 0 Å². The number of Topliss-reactive ketones (excluding diaryl/α,β-unsaturated/α-hetero) is 1. The minimum Gasteiger partial charge on any atom is -0.352 e. The monoisotopic (exact) mass is 487 g/mol. The highest BCUT2D eigenvalue weighted by Crippen LogP contribution is 2.37. The van der Waals surface area contributed by atoms with Gasteiger partial charge in [0, 0.05) is 49.7 Å². The first-order valence-corrected chi connectivity index (χ1v) is 13.1. The van der Waals surface area contributed by atoms with Crippen molar-refractivity contribution in [3.05, 3.63) is 40.1 Å². The smallest absolute Gasteiger partial charge is 0.225 e. The third-order valence-corrected chi connectivity index (χ3v) is 7.52. The van der Waals surface area contributed by atoms with Crippen LogP contribution in [0.5, 0.6) is 0 Å². The topological polar surface area (TPSA) is 119 Å². The van der Waals surface area contributed by atoms with Crippen molar-refractivity contribution in [2.45, 2.75) is 77.9 Å². The number of carbonyl (C=O) groups is 3. The molecule has 9 heteroatoms. The number of rotatable bonds is 7. The Kier molecular flexibility index (Phi) is 9.41. The molecule has 4 atom stereocenters. The first-order chi connectivity index (χ1) is 16.3. The number of thiazole rings is 1. The highest BCUT2D eigenvalue weighted by molar-refractivity contribution is 7.07.